The Kier molecular flexibility index (Phi) is 10.2. The first-order chi connectivity index (χ1) is 18.5. The molecule has 11 heteroatoms. The molecule has 8 nitrogen and oxygen atoms in total. The van der Waals surface area contributed by atoms with Crippen molar-refractivity contribution < 1.29 is 22.7 Å². The van der Waals surface area contributed by atoms with Gasteiger partial charge in [-0.3, -0.25) is 13.9 Å². The summed E-state index contributed by atoms with van der Waals surface area (Å²) in [6.45, 7) is 5.19. The van der Waals surface area contributed by atoms with Crippen LogP contribution in [-0.4, -0.2) is 51.4 Å². The van der Waals surface area contributed by atoms with Crippen LogP contribution in [0.25, 0.3) is 0 Å². The number of rotatable bonds is 11. The van der Waals surface area contributed by atoms with Crippen LogP contribution in [-0.2, 0) is 26.2 Å². The minimum atomic E-state index is -4.17. The van der Waals surface area contributed by atoms with Crippen molar-refractivity contribution >= 4 is 50.7 Å². The van der Waals surface area contributed by atoms with Crippen LogP contribution in [0.4, 0.5) is 5.69 Å². The van der Waals surface area contributed by atoms with Crippen LogP contribution >= 0.6 is 23.2 Å². The van der Waals surface area contributed by atoms with Crippen LogP contribution < -0.4 is 14.4 Å². The maximum Gasteiger partial charge on any atom is 0.264 e. The molecule has 0 aromatic heterocycles. The summed E-state index contributed by atoms with van der Waals surface area (Å²) in [5, 5.41) is 3.20. The number of carbonyl (C=O) groups excluding carboxylic acids is 2. The van der Waals surface area contributed by atoms with Gasteiger partial charge in [-0.15, -0.1) is 0 Å². The zero-order valence-corrected chi connectivity index (χ0v) is 24.5. The molecule has 3 aromatic carbocycles. The maximum absolute atomic E-state index is 13.8. The molecule has 0 aliphatic carbocycles. The van der Waals surface area contributed by atoms with Gasteiger partial charge in [0.15, 0.2) is 0 Å². The van der Waals surface area contributed by atoms with Gasteiger partial charge in [0.25, 0.3) is 10.0 Å². The highest BCUT2D eigenvalue weighted by molar-refractivity contribution is 7.92. The van der Waals surface area contributed by atoms with Crippen molar-refractivity contribution in [1.29, 1.82) is 0 Å². The Labute approximate surface area is 239 Å². The molecular weight excluding hydrogens is 561 g/mol. The number of carbonyl (C=O) groups is 2. The molecule has 0 spiro atoms. The number of benzene rings is 3. The van der Waals surface area contributed by atoms with E-state index in [4.69, 9.17) is 27.9 Å². The third-order valence-corrected chi connectivity index (χ3v) is 8.60. The molecule has 0 aliphatic rings. The Morgan fingerprint density at radius 1 is 0.974 bits per heavy atom. The molecule has 0 saturated heterocycles. The number of hydrogen-bond donors (Lipinski definition) is 1. The lowest BCUT2D eigenvalue weighted by molar-refractivity contribution is -0.139. The van der Waals surface area contributed by atoms with E-state index < -0.39 is 34.4 Å². The second-order valence-electron chi connectivity index (χ2n) is 8.81. The Morgan fingerprint density at radius 3 is 2.18 bits per heavy atom. The number of nitrogens with one attached hydrogen (secondary N) is 1. The molecule has 0 aliphatic heterocycles. The fourth-order valence-corrected chi connectivity index (χ4v) is 5.60. The van der Waals surface area contributed by atoms with Crippen molar-refractivity contribution in [3.63, 3.8) is 0 Å². The van der Waals surface area contributed by atoms with Crippen molar-refractivity contribution in [2.24, 2.45) is 0 Å². The Bertz CT molecular complexity index is 1410. The summed E-state index contributed by atoms with van der Waals surface area (Å²) in [5.41, 5.74) is 1.87. The molecule has 208 valence electrons. The van der Waals surface area contributed by atoms with E-state index in [1.54, 1.807) is 61.5 Å². The third kappa shape index (κ3) is 7.44. The number of hydrogen-bond acceptors (Lipinski definition) is 5. The molecule has 2 amide bonds. The van der Waals surface area contributed by atoms with Crippen LogP contribution in [0.1, 0.15) is 25.0 Å². The lowest BCUT2D eigenvalue weighted by Crippen LogP contribution is -2.50. The van der Waals surface area contributed by atoms with Gasteiger partial charge in [-0.2, -0.15) is 0 Å². The monoisotopic (exact) mass is 591 g/mol. The van der Waals surface area contributed by atoms with Gasteiger partial charge in [-0.1, -0.05) is 47.0 Å². The zero-order valence-electron chi connectivity index (χ0n) is 22.1. The number of anilines is 1. The van der Waals surface area contributed by atoms with E-state index in [1.165, 1.54) is 24.1 Å². The Balaban J connectivity index is 2.02. The lowest BCUT2D eigenvalue weighted by atomic mass is 10.1. The van der Waals surface area contributed by atoms with Crippen LogP contribution in [0, 0.1) is 6.92 Å². The van der Waals surface area contributed by atoms with Crippen LogP contribution in [0.2, 0.25) is 10.0 Å². The number of nitrogens with zero attached hydrogens (tertiary/aromatic N) is 2. The van der Waals surface area contributed by atoms with Crippen molar-refractivity contribution in [2.75, 3.05) is 24.5 Å². The van der Waals surface area contributed by atoms with Gasteiger partial charge in [-0.05, 0) is 74.9 Å². The predicted molar refractivity (Wildman–Crippen MR) is 154 cm³/mol. The molecule has 0 unspecified atom stereocenters. The summed E-state index contributed by atoms with van der Waals surface area (Å²) in [4.78, 5) is 27.7. The van der Waals surface area contributed by atoms with Gasteiger partial charge < -0.3 is 15.0 Å². The van der Waals surface area contributed by atoms with Gasteiger partial charge in [0.1, 0.15) is 18.3 Å². The van der Waals surface area contributed by atoms with Crippen LogP contribution in [0.15, 0.2) is 71.6 Å². The second-order valence-corrected chi connectivity index (χ2v) is 11.5. The number of ether oxygens (including phenoxy) is 1. The summed E-state index contributed by atoms with van der Waals surface area (Å²) in [6, 6.07) is 16.8. The molecule has 1 N–H and O–H groups in total. The SMILES string of the molecule is CCOc1ccc(S(=O)(=O)N(CC(=O)N(Cc2ccc(Cl)c(Cl)c2)[C@H](C)C(=O)NC)c2ccc(C)cc2)cc1. The fraction of sp³-hybridized carbons (Fsp3) is 0.286. The minimum absolute atomic E-state index is 0.00490. The fourth-order valence-electron chi connectivity index (χ4n) is 3.87. The molecule has 0 fully saturated rings. The van der Waals surface area contributed by atoms with E-state index in [0.717, 1.165) is 9.87 Å². The average Bonchev–Trinajstić information content (AvgIpc) is 2.92. The average molecular weight is 593 g/mol. The maximum atomic E-state index is 13.8. The largest absolute Gasteiger partial charge is 0.494 e. The minimum Gasteiger partial charge on any atom is -0.494 e. The zero-order chi connectivity index (χ0) is 28.7. The molecule has 39 heavy (non-hydrogen) atoms. The molecule has 0 bridgehead atoms. The highest BCUT2D eigenvalue weighted by Gasteiger charge is 2.32. The molecule has 0 radical (unpaired) electrons. The summed E-state index contributed by atoms with van der Waals surface area (Å²) >= 11 is 12.2. The number of halogens is 2. The molecule has 1 atom stereocenters. The van der Waals surface area contributed by atoms with Crippen LogP contribution in [0.5, 0.6) is 5.75 Å². The summed E-state index contributed by atoms with van der Waals surface area (Å²) in [5.74, 6) is -0.450. The topological polar surface area (TPSA) is 96.0 Å². The van der Waals surface area contributed by atoms with E-state index in [1.807, 2.05) is 13.8 Å². The molecule has 3 aromatic rings. The predicted octanol–water partition coefficient (Wildman–Crippen LogP) is 5.06. The van der Waals surface area contributed by atoms with Crippen molar-refractivity contribution in [1.82, 2.24) is 10.2 Å². The van der Waals surface area contributed by atoms with Gasteiger partial charge >= 0.3 is 0 Å². The van der Waals surface area contributed by atoms with Crippen molar-refractivity contribution in [2.45, 2.75) is 38.3 Å². The van der Waals surface area contributed by atoms with E-state index in [0.29, 0.717) is 33.7 Å². The highest BCUT2D eigenvalue weighted by Crippen LogP contribution is 2.27. The van der Waals surface area contributed by atoms with Crippen molar-refractivity contribution in [3.05, 3.63) is 87.9 Å². The summed E-state index contributed by atoms with van der Waals surface area (Å²) in [7, 11) is -2.70. The molecule has 3 rings (SSSR count). The Hall–Kier alpha value is -3.27. The first-order valence-corrected chi connectivity index (χ1v) is 14.4. The summed E-state index contributed by atoms with van der Waals surface area (Å²) < 4.78 is 34.2. The first-order valence-electron chi connectivity index (χ1n) is 12.2. The van der Waals surface area contributed by atoms with Gasteiger partial charge in [0, 0.05) is 13.6 Å². The van der Waals surface area contributed by atoms with Gasteiger partial charge in [-0.25, -0.2) is 8.42 Å². The normalized spacial score (nSPS) is 11.9. The van der Waals surface area contributed by atoms with E-state index >= 15 is 0 Å². The second kappa shape index (κ2) is 13.2. The number of sulfonamides is 1. The van der Waals surface area contributed by atoms with Crippen molar-refractivity contribution in [3.8, 4) is 5.75 Å². The summed E-state index contributed by atoms with van der Waals surface area (Å²) in [6.07, 6.45) is 0. The van der Waals surface area contributed by atoms with E-state index in [9.17, 15) is 18.0 Å². The number of likely N-dealkylation sites (N-methyl/N-ethyl adjacent to an activating group) is 1. The standard InChI is InChI=1S/C28H31Cl2N3O5S/c1-5-38-23-11-13-24(14-12-23)39(36,37)33(22-9-6-19(2)7-10-22)18-27(34)32(20(3)28(35)31-4)17-21-8-15-25(29)26(30)16-21/h6-16,20H,5,17-18H2,1-4H3,(H,31,35)/t20-/m1/s1. The van der Waals surface area contributed by atoms with Crippen LogP contribution in [0.3, 0.4) is 0 Å². The molecular formula is C28H31Cl2N3O5S. The first kappa shape index (κ1) is 30.3. The Morgan fingerprint density at radius 2 is 1.62 bits per heavy atom. The third-order valence-electron chi connectivity index (χ3n) is 6.07. The molecule has 0 heterocycles. The van der Waals surface area contributed by atoms with Gasteiger partial charge in [0.2, 0.25) is 11.8 Å². The lowest BCUT2D eigenvalue weighted by Gasteiger charge is -2.32. The molecule has 0 saturated carbocycles. The smallest absolute Gasteiger partial charge is 0.264 e. The quantitative estimate of drug-likeness (QED) is 0.336. The van der Waals surface area contributed by atoms with E-state index in [-0.39, 0.29) is 11.4 Å². The number of amides is 2. The van der Waals surface area contributed by atoms with Gasteiger partial charge in [0.05, 0.1) is 27.2 Å². The highest BCUT2D eigenvalue weighted by atomic mass is 35.5. The number of aryl methyl sites for hydroxylation is 1. The van der Waals surface area contributed by atoms with E-state index in [2.05, 4.69) is 5.32 Å².